The van der Waals surface area contributed by atoms with E-state index in [1.165, 1.54) is 0 Å². The number of nitrogens with one attached hydrogen (secondary N) is 1. The molecule has 0 aliphatic rings. The van der Waals surface area contributed by atoms with Gasteiger partial charge in [0.05, 0.1) is 4.90 Å². The molecule has 0 bridgehead atoms. The molecule has 1 heterocycles. The molecular weight excluding hydrogens is 338 g/mol. The lowest BCUT2D eigenvalue weighted by Gasteiger charge is -2.20. The molecule has 0 aliphatic heterocycles. The van der Waals surface area contributed by atoms with Crippen molar-refractivity contribution in [2.45, 2.75) is 64.3 Å². The van der Waals surface area contributed by atoms with Gasteiger partial charge in [-0.3, -0.25) is 0 Å². The second-order valence-corrected chi connectivity index (χ2v) is 9.45. The van der Waals surface area contributed by atoms with Crippen LogP contribution in [0.2, 0.25) is 0 Å². The molecule has 1 atom stereocenters. The standard InChI is InChI=1S/C18H27N3O3S/c1-12(2)11-16(17-20-19-13(3)24-17)21-25(22,23)15-9-7-14(8-10-15)18(4,5)6/h7-10,12,16,21H,11H2,1-6H3. The van der Waals surface area contributed by atoms with E-state index in [-0.39, 0.29) is 16.2 Å². The van der Waals surface area contributed by atoms with Gasteiger partial charge in [-0.25, -0.2) is 8.42 Å². The minimum atomic E-state index is -3.68. The van der Waals surface area contributed by atoms with Crippen LogP contribution in [0.25, 0.3) is 0 Å². The summed E-state index contributed by atoms with van der Waals surface area (Å²) in [6.45, 7) is 12.0. The third kappa shape index (κ3) is 5.12. The molecule has 0 radical (unpaired) electrons. The van der Waals surface area contributed by atoms with E-state index in [9.17, 15) is 8.42 Å². The zero-order valence-corrected chi connectivity index (χ0v) is 16.5. The van der Waals surface area contributed by atoms with Crippen LogP contribution in [-0.4, -0.2) is 18.6 Å². The molecule has 7 heteroatoms. The summed E-state index contributed by atoms with van der Waals surface area (Å²) in [5.41, 5.74) is 1.05. The van der Waals surface area contributed by atoms with Gasteiger partial charge in [0.2, 0.25) is 21.8 Å². The van der Waals surface area contributed by atoms with E-state index in [4.69, 9.17) is 4.42 Å². The SMILES string of the molecule is Cc1nnc(C(CC(C)C)NS(=O)(=O)c2ccc(C(C)(C)C)cc2)o1. The maximum atomic E-state index is 12.8. The maximum absolute atomic E-state index is 12.8. The van der Waals surface area contributed by atoms with E-state index in [0.29, 0.717) is 18.2 Å². The largest absolute Gasteiger partial charge is 0.424 e. The average molecular weight is 365 g/mol. The van der Waals surface area contributed by atoms with Crippen LogP contribution in [0.5, 0.6) is 0 Å². The minimum absolute atomic E-state index is 0.0306. The first-order chi connectivity index (χ1) is 11.5. The monoisotopic (exact) mass is 365 g/mol. The van der Waals surface area contributed by atoms with Gasteiger partial charge in [0, 0.05) is 6.92 Å². The van der Waals surface area contributed by atoms with Gasteiger partial charge < -0.3 is 4.42 Å². The van der Waals surface area contributed by atoms with Crippen LogP contribution in [0.3, 0.4) is 0 Å². The number of benzene rings is 1. The molecule has 1 aromatic carbocycles. The zero-order valence-electron chi connectivity index (χ0n) is 15.7. The summed E-state index contributed by atoms with van der Waals surface area (Å²) in [6, 6.07) is 6.42. The van der Waals surface area contributed by atoms with Gasteiger partial charge in [-0.05, 0) is 35.4 Å². The van der Waals surface area contributed by atoms with Gasteiger partial charge in [0.25, 0.3) is 0 Å². The Balaban J connectivity index is 2.27. The number of rotatable bonds is 6. The third-order valence-electron chi connectivity index (χ3n) is 3.87. The van der Waals surface area contributed by atoms with Gasteiger partial charge in [0.1, 0.15) is 6.04 Å². The first kappa shape index (κ1) is 19.6. The Labute approximate surface area is 150 Å². The highest BCUT2D eigenvalue weighted by atomic mass is 32.2. The van der Waals surface area contributed by atoms with Crippen molar-refractivity contribution in [3.63, 3.8) is 0 Å². The van der Waals surface area contributed by atoms with Crippen molar-refractivity contribution < 1.29 is 12.8 Å². The predicted molar refractivity (Wildman–Crippen MR) is 96.7 cm³/mol. The van der Waals surface area contributed by atoms with E-state index in [2.05, 4.69) is 35.7 Å². The highest BCUT2D eigenvalue weighted by molar-refractivity contribution is 7.89. The van der Waals surface area contributed by atoms with Crippen LogP contribution < -0.4 is 4.72 Å². The van der Waals surface area contributed by atoms with E-state index < -0.39 is 16.1 Å². The lowest BCUT2D eigenvalue weighted by Crippen LogP contribution is -2.30. The lowest BCUT2D eigenvalue weighted by molar-refractivity contribution is 0.372. The van der Waals surface area contributed by atoms with Crippen molar-refractivity contribution in [3.8, 4) is 0 Å². The molecule has 0 saturated heterocycles. The van der Waals surface area contributed by atoms with Crippen molar-refractivity contribution in [1.29, 1.82) is 0 Å². The fourth-order valence-corrected chi connectivity index (χ4v) is 3.71. The number of nitrogens with zero attached hydrogens (tertiary/aromatic N) is 2. The van der Waals surface area contributed by atoms with Gasteiger partial charge in [-0.15, -0.1) is 10.2 Å². The maximum Gasteiger partial charge on any atom is 0.241 e. The smallest absolute Gasteiger partial charge is 0.241 e. The van der Waals surface area contributed by atoms with Gasteiger partial charge in [-0.1, -0.05) is 46.8 Å². The summed E-state index contributed by atoms with van der Waals surface area (Å²) in [6.07, 6.45) is 0.570. The third-order valence-corrected chi connectivity index (χ3v) is 5.36. The first-order valence-electron chi connectivity index (χ1n) is 8.42. The Morgan fingerprint density at radius 1 is 1.12 bits per heavy atom. The summed E-state index contributed by atoms with van der Waals surface area (Å²) < 4.78 is 33.7. The summed E-state index contributed by atoms with van der Waals surface area (Å²) in [5, 5.41) is 7.78. The molecule has 25 heavy (non-hydrogen) atoms. The van der Waals surface area contributed by atoms with Crippen LogP contribution >= 0.6 is 0 Å². The Bertz CT molecular complexity index is 803. The molecule has 0 aliphatic carbocycles. The molecule has 6 nitrogen and oxygen atoms in total. The summed E-state index contributed by atoms with van der Waals surface area (Å²) >= 11 is 0. The lowest BCUT2D eigenvalue weighted by atomic mass is 9.87. The van der Waals surface area contributed by atoms with Crippen LogP contribution in [0.15, 0.2) is 33.6 Å². The normalized spacial score (nSPS) is 14.0. The fourth-order valence-electron chi connectivity index (χ4n) is 2.51. The molecule has 2 aromatic rings. The van der Waals surface area contributed by atoms with Crippen molar-refractivity contribution in [2.24, 2.45) is 5.92 Å². The molecule has 0 amide bonds. The molecule has 1 N–H and O–H groups in total. The molecular formula is C18H27N3O3S. The van der Waals surface area contributed by atoms with Crippen molar-refractivity contribution in [1.82, 2.24) is 14.9 Å². The number of hydrogen-bond acceptors (Lipinski definition) is 5. The molecule has 0 spiro atoms. The Morgan fingerprint density at radius 2 is 1.72 bits per heavy atom. The number of sulfonamides is 1. The van der Waals surface area contributed by atoms with Gasteiger partial charge in [-0.2, -0.15) is 4.72 Å². The molecule has 0 fully saturated rings. The highest BCUT2D eigenvalue weighted by Gasteiger charge is 2.26. The molecule has 0 saturated carbocycles. The predicted octanol–water partition coefficient (Wildman–Crippen LogP) is 3.74. The second kappa shape index (κ2) is 7.25. The number of aryl methyl sites for hydroxylation is 1. The van der Waals surface area contributed by atoms with Crippen LogP contribution in [-0.2, 0) is 15.4 Å². The zero-order chi connectivity index (χ0) is 18.8. The van der Waals surface area contributed by atoms with Crippen molar-refractivity contribution >= 4 is 10.0 Å². The van der Waals surface area contributed by atoms with Gasteiger partial charge >= 0.3 is 0 Å². The first-order valence-corrected chi connectivity index (χ1v) is 9.90. The van der Waals surface area contributed by atoms with Crippen LogP contribution in [0, 0.1) is 12.8 Å². The second-order valence-electron chi connectivity index (χ2n) is 7.74. The van der Waals surface area contributed by atoms with Crippen molar-refractivity contribution in [2.75, 3.05) is 0 Å². The molecule has 2 rings (SSSR count). The quantitative estimate of drug-likeness (QED) is 0.843. The summed E-state index contributed by atoms with van der Waals surface area (Å²) in [5.74, 6) is 0.974. The summed E-state index contributed by atoms with van der Waals surface area (Å²) in [7, 11) is -3.68. The Morgan fingerprint density at radius 3 is 2.16 bits per heavy atom. The minimum Gasteiger partial charge on any atom is -0.424 e. The number of aromatic nitrogens is 2. The molecule has 138 valence electrons. The van der Waals surface area contributed by atoms with Crippen LogP contribution in [0.4, 0.5) is 0 Å². The van der Waals surface area contributed by atoms with E-state index in [1.807, 2.05) is 26.0 Å². The van der Waals surface area contributed by atoms with Crippen LogP contribution in [0.1, 0.15) is 64.4 Å². The Hall–Kier alpha value is -1.73. The van der Waals surface area contributed by atoms with E-state index in [0.717, 1.165) is 5.56 Å². The van der Waals surface area contributed by atoms with Gasteiger partial charge in [0.15, 0.2) is 0 Å². The topological polar surface area (TPSA) is 85.1 Å². The fraction of sp³-hybridized carbons (Fsp3) is 0.556. The number of hydrogen-bond donors (Lipinski definition) is 1. The Kier molecular flexibility index (Phi) is 5.68. The van der Waals surface area contributed by atoms with E-state index >= 15 is 0 Å². The molecule has 1 aromatic heterocycles. The average Bonchev–Trinajstić information content (AvgIpc) is 2.92. The van der Waals surface area contributed by atoms with E-state index in [1.54, 1.807) is 19.1 Å². The van der Waals surface area contributed by atoms with Crippen molar-refractivity contribution in [3.05, 3.63) is 41.6 Å². The highest BCUT2D eigenvalue weighted by Crippen LogP contribution is 2.26. The summed E-state index contributed by atoms with van der Waals surface area (Å²) in [4.78, 5) is 0.227. The molecule has 1 unspecified atom stereocenters.